The molecule has 3 aromatic rings. The molecule has 1 atom stereocenters. The van der Waals surface area contributed by atoms with Crippen molar-refractivity contribution in [3.63, 3.8) is 0 Å². The summed E-state index contributed by atoms with van der Waals surface area (Å²) < 4.78 is 0. The number of aromatic nitrogens is 2. The number of rotatable bonds is 5. The molecule has 0 bridgehead atoms. The van der Waals surface area contributed by atoms with Gasteiger partial charge < -0.3 is 5.32 Å². The van der Waals surface area contributed by atoms with Crippen LogP contribution in [0.2, 0.25) is 5.02 Å². The maximum atomic E-state index is 12.8. The molecule has 0 spiro atoms. The molecule has 6 nitrogen and oxygen atoms in total. The maximum Gasteiger partial charge on any atom is 0.257 e. The maximum absolute atomic E-state index is 12.8. The van der Waals surface area contributed by atoms with E-state index in [1.807, 2.05) is 12.1 Å². The fraction of sp³-hybridized carbons (Fsp3) is 0.238. The van der Waals surface area contributed by atoms with Crippen LogP contribution in [0.25, 0.3) is 0 Å². The van der Waals surface area contributed by atoms with Crippen molar-refractivity contribution in [1.82, 2.24) is 15.3 Å². The third-order valence-electron chi connectivity index (χ3n) is 4.79. The lowest BCUT2D eigenvalue weighted by Crippen LogP contribution is -2.31. The lowest BCUT2D eigenvalue weighted by atomic mass is 9.90. The molecule has 2 aromatic heterocycles. The first-order valence-electron chi connectivity index (χ1n) is 9.33. The molecule has 2 heterocycles. The quantitative estimate of drug-likeness (QED) is 0.641. The summed E-state index contributed by atoms with van der Waals surface area (Å²) in [6.07, 6.45) is 5.98. The van der Waals surface area contributed by atoms with Crippen LogP contribution in [0, 0.1) is 0 Å². The highest BCUT2D eigenvalue weighted by molar-refractivity contribution is 7.16. The Balaban J connectivity index is 1.45. The highest BCUT2D eigenvalue weighted by Gasteiger charge is 2.30. The van der Waals surface area contributed by atoms with Crippen molar-refractivity contribution in [3.8, 4) is 0 Å². The Hall–Kier alpha value is -2.77. The molecule has 0 radical (unpaired) electrons. The van der Waals surface area contributed by atoms with E-state index in [0.29, 0.717) is 22.3 Å². The van der Waals surface area contributed by atoms with Crippen LogP contribution in [0.4, 0.5) is 5.13 Å². The molecule has 0 aliphatic heterocycles. The summed E-state index contributed by atoms with van der Waals surface area (Å²) in [5, 5.41) is 6.91. The molecular weight excluding hydrogens is 408 g/mol. The van der Waals surface area contributed by atoms with Crippen LogP contribution >= 0.6 is 22.9 Å². The highest BCUT2D eigenvalue weighted by Crippen LogP contribution is 2.37. The number of carbonyl (C=O) groups is 2. The predicted molar refractivity (Wildman–Crippen MR) is 113 cm³/mol. The lowest BCUT2D eigenvalue weighted by Gasteiger charge is -2.20. The second-order valence-electron chi connectivity index (χ2n) is 6.81. The van der Waals surface area contributed by atoms with Gasteiger partial charge in [-0.2, -0.15) is 0 Å². The minimum absolute atomic E-state index is 0.0457. The lowest BCUT2D eigenvalue weighted by molar-refractivity contribution is -0.123. The molecule has 0 saturated heterocycles. The van der Waals surface area contributed by atoms with Crippen LogP contribution in [-0.4, -0.2) is 21.8 Å². The molecule has 1 aliphatic rings. The Bertz CT molecular complexity index is 1020. The van der Waals surface area contributed by atoms with Gasteiger partial charge in [-0.3, -0.25) is 19.9 Å². The zero-order valence-electron chi connectivity index (χ0n) is 15.5. The third kappa shape index (κ3) is 4.63. The van der Waals surface area contributed by atoms with E-state index in [1.54, 1.807) is 36.7 Å². The Kier molecular flexibility index (Phi) is 5.87. The number of hydrogen-bond acceptors (Lipinski definition) is 5. The number of aryl methyl sites for hydroxylation is 1. The van der Waals surface area contributed by atoms with Crippen LogP contribution < -0.4 is 10.6 Å². The van der Waals surface area contributed by atoms with Gasteiger partial charge in [-0.05, 0) is 55.2 Å². The number of thiazole rings is 1. The van der Waals surface area contributed by atoms with E-state index in [4.69, 9.17) is 11.6 Å². The van der Waals surface area contributed by atoms with Crippen molar-refractivity contribution in [3.05, 3.63) is 75.5 Å². The topological polar surface area (TPSA) is 84.0 Å². The van der Waals surface area contributed by atoms with Crippen molar-refractivity contribution >= 4 is 39.9 Å². The number of nitrogens with zero attached hydrogens (tertiary/aromatic N) is 2. The van der Waals surface area contributed by atoms with E-state index in [2.05, 4.69) is 20.6 Å². The molecule has 0 saturated carbocycles. The smallest absolute Gasteiger partial charge is 0.257 e. The van der Waals surface area contributed by atoms with Crippen molar-refractivity contribution in [2.24, 2.45) is 0 Å². The summed E-state index contributed by atoms with van der Waals surface area (Å²) in [7, 11) is 0. The normalized spacial score (nSPS) is 15.4. The molecule has 4 rings (SSSR count). The number of carbonyl (C=O) groups excluding carboxylic acids is 2. The number of nitrogens with one attached hydrogen (secondary N) is 2. The van der Waals surface area contributed by atoms with Crippen LogP contribution in [0.5, 0.6) is 0 Å². The number of fused-ring (bicyclic) bond motifs is 1. The van der Waals surface area contributed by atoms with Crippen LogP contribution in [0.3, 0.4) is 0 Å². The van der Waals surface area contributed by atoms with Crippen molar-refractivity contribution in [1.29, 1.82) is 0 Å². The summed E-state index contributed by atoms with van der Waals surface area (Å²) in [5.74, 6) is -0.589. The summed E-state index contributed by atoms with van der Waals surface area (Å²) in [4.78, 5) is 34.9. The van der Waals surface area contributed by atoms with Gasteiger partial charge in [0.1, 0.15) is 0 Å². The van der Waals surface area contributed by atoms with Gasteiger partial charge >= 0.3 is 0 Å². The minimum atomic E-state index is -0.298. The van der Waals surface area contributed by atoms with Gasteiger partial charge in [0.2, 0.25) is 5.91 Å². The van der Waals surface area contributed by atoms with Crippen LogP contribution in [0.1, 0.15) is 45.3 Å². The zero-order valence-corrected chi connectivity index (χ0v) is 17.1. The standard InChI is InChI=1S/C21H19ClN4O2S/c22-15-8-6-14(7-9-15)19(27)26-21-25-18-16(4-1-5-17(18)29-21)20(28)24-12-13-3-2-10-23-11-13/h2-3,6-11,16H,1,4-5,12H2,(H,24,28)(H,25,26,27)/t16-/m1/s1. The average Bonchev–Trinajstić information content (AvgIpc) is 3.15. The SMILES string of the molecule is O=C(Nc1nc2c(s1)CCC[C@H]2C(=O)NCc1cccnc1)c1ccc(Cl)cc1. The first-order valence-corrected chi connectivity index (χ1v) is 10.5. The van der Waals surface area contributed by atoms with E-state index in [1.165, 1.54) is 11.3 Å². The Labute approximate surface area is 177 Å². The summed E-state index contributed by atoms with van der Waals surface area (Å²) >= 11 is 7.31. The second kappa shape index (κ2) is 8.71. The van der Waals surface area contributed by atoms with Crippen LogP contribution in [0.15, 0.2) is 48.8 Å². The van der Waals surface area contributed by atoms with Crippen molar-refractivity contribution in [2.75, 3.05) is 5.32 Å². The van der Waals surface area contributed by atoms with Gasteiger partial charge in [0.25, 0.3) is 5.91 Å². The van der Waals surface area contributed by atoms with Gasteiger partial charge in [-0.1, -0.05) is 17.7 Å². The average molecular weight is 427 g/mol. The number of halogens is 1. The first kappa shape index (κ1) is 19.5. The third-order valence-corrected chi connectivity index (χ3v) is 6.09. The van der Waals surface area contributed by atoms with Gasteiger partial charge in [-0.15, -0.1) is 11.3 Å². The molecule has 0 unspecified atom stereocenters. The van der Waals surface area contributed by atoms with E-state index < -0.39 is 0 Å². The number of hydrogen-bond donors (Lipinski definition) is 2. The van der Waals surface area contributed by atoms with Gasteiger partial charge in [0, 0.05) is 34.4 Å². The molecule has 29 heavy (non-hydrogen) atoms. The summed E-state index contributed by atoms with van der Waals surface area (Å²) in [6, 6.07) is 10.4. The molecule has 2 amide bonds. The fourth-order valence-corrected chi connectivity index (χ4v) is 4.50. The predicted octanol–water partition coefficient (Wildman–Crippen LogP) is 4.18. The van der Waals surface area contributed by atoms with Gasteiger partial charge in [0.15, 0.2) is 5.13 Å². The van der Waals surface area contributed by atoms with E-state index in [9.17, 15) is 9.59 Å². The van der Waals surface area contributed by atoms with E-state index in [-0.39, 0.29) is 17.7 Å². The zero-order chi connectivity index (χ0) is 20.2. The van der Waals surface area contributed by atoms with Crippen molar-refractivity contribution < 1.29 is 9.59 Å². The molecular formula is C21H19ClN4O2S. The number of anilines is 1. The summed E-state index contributed by atoms with van der Waals surface area (Å²) in [6.45, 7) is 0.433. The monoisotopic (exact) mass is 426 g/mol. The number of benzene rings is 1. The molecule has 148 valence electrons. The largest absolute Gasteiger partial charge is 0.351 e. The van der Waals surface area contributed by atoms with Gasteiger partial charge in [0.05, 0.1) is 11.6 Å². The number of pyridine rings is 1. The van der Waals surface area contributed by atoms with Crippen molar-refractivity contribution in [2.45, 2.75) is 31.7 Å². The fourth-order valence-electron chi connectivity index (χ4n) is 3.31. The molecule has 2 N–H and O–H groups in total. The van der Waals surface area contributed by atoms with E-state index in [0.717, 1.165) is 35.4 Å². The minimum Gasteiger partial charge on any atom is -0.351 e. The Morgan fingerprint density at radius 1 is 1.21 bits per heavy atom. The molecule has 0 fully saturated rings. The molecule has 8 heteroatoms. The van der Waals surface area contributed by atoms with Crippen LogP contribution in [-0.2, 0) is 17.8 Å². The molecule has 1 aromatic carbocycles. The highest BCUT2D eigenvalue weighted by atomic mass is 35.5. The first-order chi connectivity index (χ1) is 14.1. The van der Waals surface area contributed by atoms with E-state index >= 15 is 0 Å². The second-order valence-corrected chi connectivity index (χ2v) is 8.33. The van der Waals surface area contributed by atoms with Gasteiger partial charge in [-0.25, -0.2) is 4.98 Å². The number of amides is 2. The Morgan fingerprint density at radius 3 is 2.79 bits per heavy atom. The Morgan fingerprint density at radius 2 is 2.03 bits per heavy atom. The molecule has 1 aliphatic carbocycles. The summed E-state index contributed by atoms with van der Waals surface area (Å²) in [5.41, 5.74) is 2.23.